The molecule has 1 aliphatic heterocycles. The van der Waals surface area contributed by atoms with Crippen molar-refractivity contribution in [2.24, 2.45) is 0 Å². The van der Waals surface area contributed by atoms with Crippen LogP contribution in [0.1, 0.15) is 43.9 Å². The lowest BCUT2D eigenvalue weighted by Gasteiger charge is -2.25. The summed E-state index contributed by atoms with van der Waals surface area (Å²) in [5.41, 5.74) is 1.25. The molecule has 2 aromatic carbocycles. The van der Waals surface area contributed by atoms with Gasteiger partial charge >= 0.3 is 0 Å². The summed E-state index contributed by atoms with van der Waals surface area (Å²) in [6.07, 6.45) is 6.78. The van der Waals surface area contributed by atoms with Crippen molar-refractivity contribution in [3.8, 4) is 11.5 Å². The molecule has 36 heavy (non-hydrogen) atoms. The molecule has 0 bridgehead atoms. The smallest absolute Gasteiger partial charge is 0.295 e. The average molecular weight is 490 g/mol. The molecule has 1 N–H and O–H groups in total. The Kier molecular flexibility index (Phi) is 8.05. The van der Waals surface area contributed by atoms with E-state index in [9.17, 15) is 14.7 Å². The minimum atomic E-state index is -0.709. The third-order valence-electron chi connectivity index (χ3n) is 6.02. The number of aliphatic hydroxyl groups is 1. The number of amides is 1. The molecule has 1 aromatic heterocycles. The molecule has 1 unspecified atom stereocenters. The second kappa shape index (κ2) is 11.6. The van der Waals surface area contributed by atoms with Crippen LogP contribution in [0.5, 0.6) is 11.5 Å². The van der Waals surface area contributed by atoms with Gasteiger partial charge in [-0.05, 0) is 61.7 Å². The van der Waals surface area contributed by atoms with Gasteiger partial charge in [-0.1, -0.05) is 19.1 Å². The Morgan fingerprint density at radius 1 is 0.972 bits per heavy atom. The lowest BCUT2D eigenvalue weighted by molar-refractivity contribution is -0.139. The van der Waals surface area contributed by atoms with Crippen molar-refractivity contribution in [3.05, 3.63) is 84.0 Å². The third-order valence-corrected chi connectivity index (χ3v) is 6.02. The zero-order valence-electron chi connectivity index (χ0n) is 20.6. The molecule has 1 fully saturated rings. The number of aromatic nitrogens is 2. The van der Waals surface area contributed by atoms with Gasteiger partial charge in [0.1, 0.15) is 17.3 Å². The van der Waals surface area contributed by atoms with Gasteiger partial charge in [0.2, 0.25) is 0 Å². The normalized spacial score (nSPS) is 16.9. The third kappa shape index (κ3) is 5.43. The van der Waals surface area contributed by atoms with Crippen LogP contribution in [0.25, 0.3) is 5.76 Å². The molecule has 0 saturated carbocycles. The first-order valence-corrected chi connectivity index (χ1v) is 12.2. The molecule has 8 nitrogen and oxygen atoms in total. The van der Waals surface area contributed by atoms with Crippen LogP contribution < -0.4 is 9.47 Å². The molecular weight excluding hydrogens is 458 g/mol. The van der Waals surface area contributed by atoms with Crippen LogP contribution in [-0.2, 0) is 16.1 Å². The first-order valence-electron chi connectivity index (χ1n) is 12.2. The van der Waals surface area contributed by atoms with E-state index in [4.69, 9.17) is 9.47 Å². The van der Waals surface area contributed by atoms with Crippen LogP contribution in [0.4, 0.5) is 0 Å². The lowest BCUT2D eigenvalue weighted by Crippen LogP contribution is -2.31. The summed E-state index contributed by atoms with van der Waals surface area (Å²) in [5, 5.41) is 11.2. The fourth-order valence-electron chi connectivity index (χ4n) is 4.30. The number of hydrogen-bond acceptors (Lipinski definition) is 6. The van der Waals surface area contributed by atoms with Gasteiger partial charge in [-0.25, -0.2) is 4.98 Å². The highest BCUT2D eigenvalue weighted by molar-refractivity contribution is 6.46. The van der Waals surface area contributed by atoms with Crippen LogP contribution in [0.2, 0.25) is 0 Å². The lowest BCUT2D eigenvalue weighted by atomic mass is 9.95. The predicted octanol–water partition coefficient (Wildman–Crippen LogP) is 4.58. The van der Waals surface area contributed by atoms with Crippen molar-refractivity contribution >= 4 is 17.4 Å². The molecule has 3 aromatic rings. The summed E-state index contributed by atoms with van der Waals surface area (Å²) in [4.78, 5) is 31.9. The maximum atomic E-state index is 13.2. The number of likely N-dealkylation sites (tertiary alicyclic amines) is 1. The molecule has 188 valence electrons. The number of aliphatic hydroxyl groups excluding tert-OH is 1. The monoisotopic (exact) mass is 489 g/mol. The van der Waals surface area contributed by atoms with Gasteiger partial charge in [-0.15, -0.1) is 0 Å². The summed E-state index contributed by atoms with van der Waals surface area (Å²) in [6, 6.07) is 13.5. The van der Waals surface area contributed by atoms with Crippen molar-refractivity contribution in [2.45, 2.75) is 39.3 Å². The highest BCUT2D eigenvalue weighted by Crippen LogP contribution is 2.40. The maximum Gasteiger partial charge on any atom is 0.295 e. The summed E-state index contributed by atoms with van der Waals surface area (Å²) in [5.74, 6) is -0.146. The van der Waals surface area contributed by atoms with Crippen LogP contribution >= 0.6 is 0 Å². The van der Waals surface area contributed by atoms with Gasteiger partial charge in [-0.3, -0.25) is 9.59 Å². The van der Waals surface area contributed by atoms with E-state index in [0.717, 1.165) is 12.0 Å². The van der Waals surface area contributed by atoms with E-state index in [1.807, 2.05) is 48.9 Å². The largest absolute Gasteiger partial charge is 0.507 e. The van der Waals surface area contributed by atoms with E-state index < -0.39 is 17.7 Å². The second-order valence-electron chi connectivity index (χ2n) is 8.52. The Morgan fingerprint density at radius 2 is 1.67 bits per heavy atom. The Morgan fingerprint density at radius 3 is 2.31 bits per heavy atom. The van der Waals surface area contributed by atoms with Crippen molar-refractivity contribution in [2.75, 3.05) is 19.8 Å². The van der Waals surface area contributed by atoms with Gasteiger partial charge in [0.15, 0.2) is 0 Å². The average Bonchev–Trinajstić information content (AvgIpc) is 3.50. The van der Waals surface area contributed by atoms with Gasteiger partial charge in [-0.2, -0.15) is 0 Å². The number of aryl methyl sites for hydroxylation is 1. The number of benzene rings is 2. The van der Waals surface area contributed by atoms with Crippen molar-refractivity contribution in [3.63, 3.8) is 0 Å². The molecule has 8 heteroatoms. The van der Waals surface area contributed by atoms with E-state index in [1.54, 1.807) is 41.7 Å². The van der Waals surface area contributed by atoms with E-state index in [0.29, 0.717) is 49.8 Å². The molecule has 1 aliphatic rings. The fourth-order valence-corrected chi connectivity index (χ4v) is 4.30. The first-order chi connectivity index (χ1) is 17.5. The van der Waals surface area contributed by atoms with Crippen molar-refractivity contribution < 1.29 is 24.2 Å². The number of Topliss-reactive ketones (excluding diaryl/α,β-unsaturated/α-hetero) is 1. The minimum absolute atomic E-state index is 0.0778. The summed E-state index contributed by atoms with van der Waals surface area (Å²) in [7, 11) is 0. The zero-order chi connectivity index (χ0) is 25.5. The standard InChI is InChI=1S/C28H31N3O5/c1-3-18-36-23-10-6-20(7-11-23)25-24(26(32)21-8-12-22(13-9-21)35-4-2)27(33)28(34)31(25)16-5-15-30-17-14-29-19-30/h6-14,17,19,25,32H,3-5,15-16,18H2,1-2H3/b26-24-. The molecule has 1 saturated heterocycles. The number of ether oxygens (including phenoxy) is 2. The van der Waals surface area contributed by atoms with Crippen LogP contribution in [0.3, 0.4) is 0 Å². The summed E-state index contributed by atoms with van der Waals surface area (Å²) in [6.45, 7) is 6.05. The number of rotatable bonds is 11. The Hall–Kier alpha value is -4.07. The summed E-state index contributed by atoms with van der Waals surface area (Å²) < 4.78 is 13.1. The van der Waals surface area contributed by atoms with Crippen LogP contribution in [0, 0.1) is 0 Å². The van der Waals surface area contributed by atoms with Crippen molar-refractivity contribution in [1.82, 2.24) is 14.5 Å². The van der Waals surface area contributed by atoms with E-state index >= 15 is 0 Å². The molecule has 1 atom stereocenters. The second-order valence-corrected chi connectivity index (χ2v) is 8.52. The van der Waals surface area contributed by atoms with E-state index in [-0.39, 0.29) is 11.3 Å². The minimum Gasteiger partial charge on any atom is -0.507 e. The quantitative estimate of drug-likeness (QED) is 0.241. The number of nitrogens with zero attached hydrogens (tertiary/aromatic N) is 3. The van der Waals surface area contributed by atoms with Gasteiger partial charge in [0.25, 0.3) is 11.7 Å². The Bertz CT molecular complexity index is 1200. The molecule has 0 radical (unpaired) electrons. The summed E-state index contributed by atoms with van der Waals surface area (Å²) >= 11 is 0. The Balaban J connectivity index is 1.68. The van der Waals surface area contributed by atoms with Crippen molar-refractivity contribution in [1.29, 1.82) is 0 Å². The zero-order valence-corrected chi connectivity index (χ0v) is 20.6. The molecule has 2 heterocycles. The van der Waals surface area contributed by atoms with E-state index in [2.05, 4.69) is 4.98 Å². The van der Waals surface area contributed by atoms with Gasteiger partial charge in [0, 0.05) is 31.0 Å². The number of carbonyl (C=O) groups excluding carboxylic acids is 2. The molecule has 1 amide bonds. The van der Waals surface area contributed by atoms with Crippen LogP contribution in [0.15, 0.2) is 72.8 Å². The topological polar surface area (TPSA) is 93.9 Å². The first kappa shape index (κ1) is 25.0. The maximum absolute atomic E-state index is 13.2. The Labute approximate surface area is 210 Å². The molecular formula is C28H31N3O5. The fraction of sp³-hybridized carbons (Fsp3) is 0.321. The molecule has 4 rings (SSSR count). The van der Waals surface area contributed by atoms with Gasteiger partial charge < -0.3 is 24.0 Å². The highest BCUT2D eigenvalue weighted by Gasteiger charge is 2.45. The number of carbonyl (C=O) groups is 2. The van der Waals surface area contributed by atoms with Gasteiger partial charge in [0.05, 0.1) is 31.2 Å². The predicted molar refractivity (Wildman–Crippen MR) is 136 cm³/mol. The molecule has 0 aliphatic carbocycles. The number of hydrogen-bond donors (Lipinski definition) is 1. The van der Waals surface area contributed by atoms with E-state index in [1.165, 1.54) is 0 Å². The highest BCUT2D eigenvalue weighted by atomic mass is 16.5. The number of imidazole rings is 1. The SMILES string of the molecule is CCCOc1ccc(C2/C(=C(/O)c3ccc(OCC)cc3)C(=O)C(=O)N2CCCn2ccnc2)cc1. The van der Waals surface area contributed by atoms with Crippen LogP contribution in [-0.4, -0.2) is 51.0 Å². The molecule has 0 spiro atoms. The number of ketones is 1.